The van der Waals surface area contributed by atoms with Crippen LogP contribution < -0.4 is 5.32 Å². The van der Waals surface area contributed by atoms with Crippen LogP contribution in [0.4, 0.5) is 9.18 Å². The largest absolute Gasteiger partial charge is 0.444 e. The molecule has 1 N–H and O–H groups in total. The van der Waals surface area contributed by atoms with E-state index in [1.54, 1.807) is 32.9 Å². The summed E-state index contributed by atoms with van der Waals surface area (Å²) in [6, 6.07) is 7.32. The molecule has 1 heterocycles. The number of amides is 2. The van der Waals surface area contributed by atoms with Gasteiger partial charge in [-0.2, -0.15) is 0 Å². The fourth-order valence-corrected chi connectivity index (χ4v) is 2.74. The maximum absolute atomic E-state index is 14.4. The number of benzene rings is 1. The highest BCUT2D eigenvalue weighted by Crippen LogP contribution is 2.21. The van der Waals surface area contributed by atoms with E-state index in [1.165, 1.54) is 4.90 Å². The molecule has 1 aliphatic rings. The molecule has 2 amide bonds. The van der Waals surface area contributed by atoms with Crippen LogP contribution in [0.5, 0.6) is 0 Å². The Balaban J connectivity index is 1.86. The molecule has 1 aromatic rings. The highest BCUT2D eigenvalue weighted by molar-refractivity contribution is 5.95. The molecule has 0 bridgehead atoms. The van der Waals surface area contributed by atoms with Crippen LogP contribution in [0.2, 0.25) is 0 Å². The van der Waals surface area contributed by atoms with Crippen LogP contribution in [0.1, 0.15) is 43.1 Å². The molecule has 1 aromatic carbocycles. The van der Waals surface area contributed by atoms with Gasteiger partial charge in [-0.3, -0.25) is 4.79 Å². The minimum absolute atomic E-state index is 0.0213. The first-order chi connectivity index (χ1) is 12.2. The summed E-state index contributed by atoms with van der Waals surface area (Å²) in [5.74, 6) is -0.179. The molecule has 5 nitrogen and oxygen atoms in total. The van der Waals surface area contributed by atoms with Crippen LogP contribution in [0.15, 0.2) is 35.9 Å². The lowest BCUT2D eigenvalue weighted by Crippen LogP contribution is -2.44. The van der Waals surface area contributed by atoms with E-state index in [2.05, 4.69) is 5.32 Å². The Labute approximate surface area is 154 Å². The van der Waals surface area contributed by atoms with Gasteiger partial charge in [-0.25, -0.2) is 9.18 Å². The third kappa shape index (κ3) is 5.58. The van der Waals surface area contributed by atoms with Gasteiger partial charge in [0.2, 0.25) is 0 Å². The Morgan fingerprint density at radius 3 is 2.65 bits per heavy atom. The summed E-state index contributed by atoms with van der Waals surface area (Å²) in [4.78, 5) is 25.6. The predicted octanol–water partition coefficient (Wildman–Crippen LogP) is 3.63. The Kier molecular flexibility index (Phi) is 6.40. The molecular weight excluding hydrogens is 335 g/mol. The minimum atomic E-state index is -1.24. The number of piperidine rings is 1. The van der Waals surface area contributed by atoms with Gasteiger partial charge in [0, 0.05) is 18.7 Å². The van der Waals surface area contributed by atoms with Crippen molar-refractivity contribution in [3.05, 3.63) is 47.0 Å². The molecule has 6 heteroatoms. The van der Waals surface area contributed by atoms with Gasteiger partial charge in [-0.05, 0) is 51.3 Å². The summed E-state index contributed by atoms with van der Waals surface area (Å²) in [7, 11) is 0. The molecule has 26 heavy (non-hydrogen) atoms. The van der Waals surface area contributed by atoms with Crippen LogP contribution in [0.25, 0.3) is 0 Å². The van der Waals surface area contributed by atoms with Gasteiger partial charge in [0.1, 0.15) is 11.8 Å². The number of halogens is 1. The number of alkyl halides is 1. The zero-order valence-electron chi connectivity index (χ0n) is 15.8. The number of aryl methyl sites for hydroxylation is 1. The molecule has 142 valence electrons. The number of ether oxygens (including phenoxy) is 1. The van der Waals surface area contributed by atoms with E-state index in [9.17, 15) is 14.0 Å². The maximum Gasteiger partial charge on any atom is 0.410 e. The smallest absolute Gasteiger partial charge is 0.410 e. The Hall–Kier alpha value is -2.37. The summed E-state index contributed by atoms with van der Waals surface area (Å²) in [5.41, 5.74) is 1.52. The number of carbonyl (C=O) groups excluding carboxylic acids is 2. The lowest BCUT2D eigenvalue weighted by Gasteiger charge is -2.32. The van der Waals surface area contributed by atoms with Crippen molar-refractivity contribution < 1.29 is 18.7 Å². The maximum atomic E-state index is 14.4. The zero-order chi connectivity index (χ0) is 19.3. The number of hydrogen-bond acceptors (Lipinski definition) is 3. The number of hydrogen-bond donors (Lipinski definition) is 1. The highest BCUT2D eigenvalue weighted by atomic mass is 19.1. The van der Waals surface area contributed by atoms with Crippen LogP contribution in [0.3, 0.4) is 0 Å². The molecule has 2 rings (SSSR count). The van der Waals surface area contributed by atoms with Gasteiger partial charge in [0.15, 0.2) is 0 Å². The van der Waals surface area contributed by atoms with Gasteiger partial charge in [-0.15, -0.1) is 0 Å². The molecule has 1 atom stereocenters. The fraction of sp³-hybridized carbons (Fsp3) is 0.500. The quantitative estimate of drug-likeness (QED) is 0.836. The van der Waals surface area contributed by atoms with Crippen LogP contribution in [0, 0.1) is 6.92 Å². The van der Waals surface area contributed by atoms with Crippen LogP contribution in [-0.2, 0) is 4.74 Å². The molecule has 1 fully saturated rings. The van der Waals surface area contributed by atoms with Crippen molar-refractivity contribution in [2.75, 3.05) is 19.6 Å². The van der Waals surface area contributed by atoms with Crippen molar-refractivity contribution in [3.8, 4) is 0 Å². The second-order valence-electron chi connectivity index (χ2n) is 7.45. The molecule has 0 saturated carbocycles. The second kappa shape index (κ2) is 8.34. The number of carbonyl (C=O) groups is 2. The van der Waals surface area contributed by atoms with Gasteiger partial charge in [-0.1, -0.05) is 24.3 Å². The molecule has 0 aliphatic carbocycles. The zero-order valence-corrected chi connectivity index (χ0v) is 15.8. The van der Waals surface area contributed by atoms with Crippen LogP contribution in [-0.4, -0.2) is 48.3 Å². The molecular formula is C20H27FN2O3. The standard InChI is InChI=1S/C20H27FN2O3/c1-14-7-5-6-8-16(14)18(24)22-11-9-15-10-12-23(13-17(15)21)19(25)26-20(2,3)4/h5-9,17H,10-13H2,1-4H3,(H,22,24)/b15-9+. The second-order valence-corrected chi connectivity index (χ2v) is 7.45. The first kappa shape index (κ1) is 19.9. The normalized spacial score (nSPS) is 19.3. The average molecular weight is 362 g/mol. The SMILES string of the molecule is Cc1ccccc1C(=O)NC/C=C1\CCN(C(=O)OC(C)(C)C)CC1F. The monoisotopic (exact) mass is 362 g/mol. The van der Waals surface area contributed by atoms with Gasteiger partial charge in [0.05, 0.1) is 6.54 Å². The first-order valence-electron chi connectivity index (χ1n) is 8.82. The lowest BCUT2D eigenvalue weighted by atomic mass is 10.0. The highest BCUT2D eigenvalue weighted by Gasteiger charge is 2.29. The van der Waals surface area contributed by atoms with Crippen LogP contribution >= 0.6 is 0 Å². The molecule has 1 saturated heterocycles. The third-order valence-electron chi connectivity index (χ3n) is 4.12. The summed E-state index contributed by atoms with van der Waals surface area (Å²) < 4.78 is 19.6. The van der Waals surface area contributed by atoms with E-state index in [0.29, 0.717) is 24.1 Å². The van der Waals surface area contributed by atoms with E-state index in [4.69, 9.17) is 4.74 Å². The number of likely N-dealkylation sites (tertiary alicyclic amines) is 1. The van der Waals surface area contributed by atoms with E-state index in [0.717, 1.165) is 5.56 Å². The van der Waals surface area contributed by atoms with Gasteiger partial charge >= 0.3 is 6.09 Å². The topological polar surface area (TPSA) is 58.6 Å². The van der Waals surface area contributed by atoms with Crippen molar-refractivity contribution in [1.29, 1.82) is 0 Å². The molecule has 0 radical (unpaired) electrons. The minimum Gasteiger partial charge on any atom is -0.444 e. The summed E-state index contributed by atoms with van der Waals surface area (Å²) in [6.45, 7) is 7.87. The first-order valence-corrected chi connectivity index (χ1v) is 8.82. The van der Waals surface area contributed by atoms with E-state index < -0.39 is 17.9 Å². The van der Waals surface area contributed by atoms with Gasteiger partial charge < -0.3 is 15.0 Å². The van der Waals surface area contributed by atoms with Crippen molar-refractivity contribution in [2.24, 2.45) is 0 Å². The summed E-state index contributed by atoms with van der Waals surface area (Å²) in [5, 5.41) is 2.79. The number of nitrogens with zero attached hydrogens (tertiary/aromatic N) is 1. The van der Waals surface area contributed by atoms with Gasteiger partial charge in [0.25, 0.3) is 5.91 Å². The molecule has 1 unspecified atom stereocenters. The van der Waals surface area contributed by atoms with E-state index in [-0.39, 0.29) is 19.0 Å². The summed E-state index contributed by atoms with van der Waals surface area (Å²) >= 11 is 0. The van der Waals surface area contributed by atoms with E-state index in [1.807, 2.05) is 25.1 Å². The molecule has 0 spiro atoms. The van der Waals surface area contributed by atoms with Crippen molar-refractivity contribution in [3.63, 3.8) is 0 Å². The Morgan fingerprint density at radius 2 is 2.04 bits per heavy atom. The van der Waals surface area contributed by atoms with Crippen molar-refractivity contribution >= 4 is 12.0 Å². The average Bonchev–Trinajstić information content (AvgIpc) is 2.55. The Bertz CT molecular complexity index is 695. The molecule has 0 aromatic heterocycles. The predicted molar refractivity (Wildman–Crippen MR) is 98.9 cm³/mol. The molecule has 1 aliphatic heterocycles. The third-order valence-corrected chi connectivity index (χ3v) is 4.12. The number of nitrogens with one attached hydrogen (secondary N) is 1. The van der Waals surface area contributed by atoms with Crippen molar-refractivity contribution in [1.82, 2.24) is 10.2 Å². The Morgan fingerprint density at radius 1 is 1.35 bits per heavy atom. The van der Waals surface area contributed by atoms with E-state index >= 15 is 0 Å². The number of rotatable bonds is 3. The summed E-state index contributed by atoms with van der Waals surface area (Å²) in [6.07, 6.45) is 0.396. The van der Waals surface area contributed by atoms with Crippen molar-refractivity contribution in [2.45, 2.75) is 45.9 Å². The fourth-order valence-electron chi connectivity index (χ4n) is 2.74. The lowest BCUT2D eigenvalue weighted by molar-refractivity contribution is 0.0185.